The molecule has 0 bridgehead atoms. The molecule has 1 aliphatic rings. The Kier molecular flexibility index (Phi) is 6.44. The molecule has 3 rings (SSSR count). The van der Waals surface area contributed by atoms with Crippen molar-refractivity contribution < 1.29 is 13.6 Å². The number of nitrogens with one attached hydrogen (secondary N) is 2. The van der Waals surface area contributed by atoms with Crippen LogP contribution in [0.3, 0.4) is 0 Å². The van der Waals surface area contributed by atoms with E-state index in [1.165, 1.54) is 18.9 Å². The summed E-state index contributed by atoms with van der Waals surface area (Å²) in [6.07, 6.45) is 2.36. The fourth-order valence-corrected chi connectivity index (χ4v) is 3.67. The first-order chi connectivity index (χ1) is 13.0. The molecule has 2 aromatic carbocycles. The standard InChI is InChI=1S/C20H22BrF2N3O/c1-13-12-14(21)4-7-17(13)25-19-15(5-6-16(22)18(19)23)20(27)24-8-11-26-9-2-3-10-26/h4-7,12,25H,2-3,8-11H2,1H3,(H,24,27). The average molecular weight is 438 g/mol. The molecule has 0 atom stereocenters. The van der Waals surface area contributed by atoms with Gasteiger partial charge in [0, 0.05) is 23.2 Å². The minimum absolute atomic E-state index is 0.0811. The number of benzene rings is 2. The van der Waals surface area contributed by atoms with Gasteiger partial charge in [0.25, 0.3) is 5.91 Å². The van der Waals surface area contributed by atoms with E-state index in [-0.39, 0.29) is 11.3 Å². The Morgan fingerprint density at radius 2 is 1.93 bits per heavy atom. The third-order valence-electron chi connectivity index (χ3n) is 4.70. The minimum Gasteiger partial charge on any atom is -0.352 e. The number of hydrogen-bond acceptors (Lipinski definition) is 3. The largest absolute Gasteiger partial charge is 0.352 e. The molecule has 0 unspecified atom stereocenters. The van der Waals surface area contributed by atoms with Gasteiger partial charge in [-0.2, -0.15) is 0 Å². The van der Waals surface area contributed by atoms with Crippen LogP contribution in [0.25, 0.3) is 0 Å². The number of hydrogen-bond donors (Lipinski definition) is 2. The highest BCUT2D eigenvalue weighted by Crippen LogP contribution is 2.29. The summed E-state index contributed by atoms with van der Waals surface area (Å²) >= 11 is 3.37. The summed E-state index contributed by atoms with van der Waals surface area (Å²) in [5, 5.41) is 5.69. The zero-order valence-electron chi connectivity index (χ0n) is 15.1. The smallest absolute Gasteiger partial charge is 0.253 e. The Labute approximate surface area is 166 Å². The van der Waals surface area contributed by atoms with Crippen LogP contribution in [0, 0.1) is 18.6 Å². The van der Waals surface area contributed by atoms with E-state index in [2.05, 4.69) is 31.5 Å². The van der Waals surface area contributed by atoms with Crippen molar-refractivity contribution in [3.05, 3.63) is 57.6 Å². The third-order valence-corrected chi connectivity index (χ3v) is 5.19. The molecule has 0 radical (unpaired) electrons. The maximum Gasteiger partial charge on any atom is 0.253 e. The van der Waals surface area contributed by atoms with Crippen molar-refractivity contribution in [2.24, 2.45) is 0 Å². The Morgan fingerprint density at radius 3 is 2.63 bits per heavy atom. The molecule has 0 saturated carbocycles. The zero-order chi connectivity index (χ0) is 19.4. The molecule has 1 saturated heterocycles. The van der Waals surface area contributed by atoms with E-state index >= 15 is 0 Å². The lowest BCUT2D eigenvalue weighted by atomic mass is 10.1. The average Bonchev–Trinajstić information content (AvgIpc) is 3.14. The predicted octanol–water partition coefficient (Wildman–Crippen LogP) is 4.60. The van der Waals surface area contributed by atoms with Gasteiger partial charge in [0.1, 0.15) is 0 Å². The molecular formula is C20H22BrF2N3O. The van der Waals surface area contributed by atoms with Gasteiger partial charge in [0.15, 0.2) is 11.6 Å². The second-order valence-corrected chi connectivity index (χ2v) is 7.59. The molecule has 1 heterocycles. The molecule has 1 amide bonds. The van der Waals surface area contributed by atoms with E-state index in [1.807, 2.05) is 13.0 Å². The Bertz CT molecular complexity index is 838. The van der Waals surface area contributed by atoms with Crippen LogP contribution in [0.4, 0.5) is 20.2 Å². The van der Waals surface area contributed by atoms with Crippen molar-refractivity contribution >= 4 is 33.2 Å². The van der Waals surface area contributed by atoms with Gasteiger partial charge < -0.3 is 15.5 Å². The summed E-state index contributed by atoms with van der Waals surface area (Å²) in [6.45, 7) is 5.14. The number of amides is 1. The second-order valence-electron chi connectivity index (χ2n) is 6.67. The number of likely N-dealkylation sites (tertiary alicyclic amines) is 1. The van der Waals surface area contributed by atoms with Gasteiger partial charge in [-0.15, -0.1) is 0 Å². The molecular weight excluding hydrogens is 416 g/mol. The topological polar surface area (TPSA) is 44.4 Å². The summed E-state index contributed by atoms with van der Waals surface area (Å²) in [7, 11) is 0. The minimum atomic E-state index is -1.07. The van der Waals surface area contributed by atoms with Crippen LogP contribution < -0.4 is 10.6 Å². The van der Waals surface area contributed by atoms with Crippen molar-refractivity contribution in [1.82, 2.24) is 10.2 Å². The first-order valence-electron chi connectivity index (χ1n) is 8.97. The number of carbonyl (C=O) groups is 1. The van der Waals surface area contributed by atoms with Crippen molar-refractivity contribution in [1.29, 1.82) is 0 Å². The van der Waals surface area contributed by atoms with Crippen molar-refractivity contribution in [3.8, 4) is 0 Å². The summed E-state index contributed by atoms with van der Waals surface area (Å²) in [6, 6.07) is 7.68. The Morgan fingerprint density at radius 1 is 1.19 bits per heavy atom. The number of anilines is 2. The highest BCUT2D eigenvalue weighted by molar-refractivity contribution is 9.10. The van der Waals surface area contributed by atoms with E-state index in [1.54, 1.807) is 12.1 Å². The molecule has 7 heteroatoms. The molecule has 2 N–H and O–H groups in total. The van der Waals surface area contributed by atoms with Gasteiger partial charge in [-0.1, -0.05) is 15.9 Å². The summed E-state index contributed by atoms with van der Waals surface area (Å²) in [5.74, 6) is -2.49. The van der Waals surface area contributed by atoms with Crippen molar-refractivity contribution in [2.75, 3.05) is 31.5 Å². The fourth-order valence-electron chi connectivity index (χ4n) is 3.19. The normalized spacial score (nSPS) is 14.4. The molecule has 0 aliphatic carbocycles. The van der Waals surface area contributed by atoms with Crippen LogP contribution >= 0.6 is 15.9 Å². The first-order valence-corrected chi connectivity index (χ1v) is 9.77. The molecule has 1 aliphatic heterocycles. The Hall–Kier alpha value is -1.99. The quantitative estimate of drug-likeness (QED) is 0.693. The first kappa shape index (κ1) is 19.8. The number of halogens is 3. The van der Waals surface area contributed by atoms with Crippen LogP contribution in [-0.2, 0) is 0 Å². The van der Waals surface area contributed by atoms with Gasteiger partial charge in [0.2, 0.25) is 0 Å². The SMILES string of the molecule is Cc1cc(Br)ccc1Nc1c(C(=O)NCCN2CCCC2)ccc(F)c1F. The summed E-state index contributed by atoms with van der Waals surface area (Å²) < 4.78 is 29.1. The highest BCUT2D eigenvalue weighted by atomic mass is 79.9. The van der Waals surface area contributed by atoms with Crippen LogP contribution in [-0.4, -0.2) is 37.0 Å². The van der Waals surface area contributed by atoms with Crippen LogP contribution in [0.5, 0.6) is 0 Å². The van der Waals surface area contributed by atoms with Gasteiger partial charge in [-0.25, -0.2) is 8.78 Å². The number of aryl methyl sites for hydroxylation is 1. The maximum absolute atomic E-state index is 14.5. The molecule has 0 spiro atoms. The van der Waals surface area contributed by atoms with Gasteiger partial charge in [-0.05, 0) is 68.8 Å². The zero-order valence-corrected chi connectivity index (χ0v) is 16.7. The monoisotopic (exact) mass is 437 g/mol. The molecule has 144 valence electrons. The van der Waals surface area contributed by atoms with Gasteiger partial charge in [-0.3, -0.25) is 4.79 Å². The van der Waals surface area contributed by atoms with E-state index in [4.69, 9.17) is 0 Å². The number of nitrogens with zero attached hydrogens (tertiary/aromatic N) is 1. The van der Waals surface area contributed by atoms with Gasteiger partial charge in [0.05, 0.1) is 11.3 Å². The lowest BCUT2D eigenvalue weighted by Crippen LogP contribution is -2.33. The number of carbonyl (C=O) groups excluding carboxylic acids is 1. The maximum atomic E-state index is 14.5. The lowest BCUT2D eigenvalue weighted by molar-refractivity contribution is 0.0950. The predicted molar refractivity (Wildman–Crippen MR) is 107 cm³/mol. The molecule has 1 fully saturated rings. The fraction of sp³-hybridized carbons (Fsp3) is 0.350. The molecule has 0 aromatic heterocycles. The van der Waals surface area contributed by atoms with Crippen LogP contribution in [0.15, 0.2) is 34.8 Å². The molecule has 2 aromatic rings. The summed E-state index contributed by atoms with van der Waals surface area (Å²) in [4.78, 5) is 14.8. The number of rotatable bonds is 6. The van der Waals surface area contributed by atoms with E-state index < -0.39 is 17.5 Å². The van der Waals surface area contributed by atoms with E-state index in [0.717, 1.165) is 35.7 Å². The molecule has 4 nitrogen and oxygen atoms in total. The van der Waals surface area contributed by atoms with E-state index in [0.29, 0.717) is 12.2 Å². The van der Waals surface area contributed by atoms with Crippen LogP contribution in [0.2, 0.25) is 0 Å². The van der Waals surface area contributed by atoms with Crippen molar-refractivity contribution in [2.45, 2.75) is 19.8 Å². The summed E-state index contributed by atoms with van der Waals surface area (Å²) in [5.41, 5.74) is 1.37. The molecule has 27 heavy (non-hydrogen) atoms. The third kappa shape index (κ3) is 4.84. The Balaban J connectivity index is 1.78. The highest BCUT2D eigenvalue weighted by Gasteiger charge is 2.20. The van der Waals surface area contributed by atoms with Gasteiger partial charge >= 0.3 is 0 Å². The second kappa shape index (κ2) is 8.80. The van der Waals surface area contributed by atoms with E-state index in [9.17, 15) is 13.6 Å². The van der Waals surface area contributed by atoms with Crippen molar-refractivity contribution in [3.63, 3.8) is 0 Å². The lowest BCUT2D eigenvalue weighted by Gasteiger charge is -2.17. The van der Waals surface area contributed by atoms with Crippen LogP contribution in [0.1, 0.15) is 28.8 Å².